The topological polar surface area (TPSA) is 90.1 Å². The number of nitrogens with two attached hydrogens (primary N) is 1. The summed E-state index contributed by atoms with van der Waals surface area (Å²) in [6.07, 6.45) is 5.38. The van der Waals surface area contributed by atoms with Gasteiger partial charge in [0.25, 0.3) is 0 Å². The summed E-state index contributed by atoms with van der Waals surface area (Å²) < 4.78 is 5.51. The van der Waals surface area contributed by atoms with E-state index in [1.54, 1.807) is 6.08 Å². The van der Waals surface area contributed by atoms with Crippen LogP contribution in [0, 0.1) is 0 Å². The number of ether oxygens (including phenoxy) is 1. The largest absolute Gasteiger partial charge is 0.449 e. The van der Waals surface area contributed by atoms with Gasteiger partial charge in [0, 0.05) is 12.5 Å². The molecule has 7 heteroatoms. The number of carbonyl (C=O) groups is 1. The van der Waals surface area contributed by atoms with Crippen molar-refractivity contribution in [3.05, 3.63) is 82.8 Å². The number of nitrogen functional groups attached to an aromatic ring is 1. The molecule has 4 rings (SSSR count). The first-order chi connectivity index (χ1) is 14.6. The van der Waals surface area contributed by atoms with E-state index in [4.69, 9.17) is 22.1 Å². The second kappa shape index (κ2) is 8.97. The molecule has 6 nitrogen and oxygen atoms in total. The summed E-state index contributed by atoms with van der Waals surface area (Å²) in [5.41, 5.74) is 10.9. The van der Waals surface area contributed by atoms with E-state index in [1.807, 2.05) is 30.3 Å². The SMILES string of the molecule is Nc1ncc(C=CCCNC(=O)OCC2c3ccccc3-c3ccccc32)nc1Cl. The summed E-state index contributed by atoms with van der Waals surface area (Å²) in [4.78, 5) is 20.2. The summed E-state index contributed by atoms with van der Waals surface area (Å²) in [5, 5.41) is 2.94. The first kappa shape index (κ1) is 19.9. The zero-order chi connectivity index (χ0) is 20.9. The second-order valence-corrected chi connectivity index (χ2v) is 7.27. The normalized spacial score (nSPS) is 12.6. The van der Waals surface area contributed by atoms with Gasteiger partial charge in [-0.05, 0) is 34.8 Å². The van der Waals surface area contributed by atoms with Gasteiger partial charge in [-0.3, -0.25) is 0 Å². The van der Waals surface area contributed by atoms with Crippen molar-refractivity contribution in [1.82, 2.24) is 15.3 Å². The Balaban J connectivity index is 1.27. The van der Waals surface area contributed by atoms with Crippen LogP contribution >= 0.6 is 11.6 Å². The predicted molar refractivity (Wildman–Crippen MR) is 118 cm³/mol. The van der Waals surface area contributed by atoms with Crippen LogP contribution in [0.4, 0.5) is 10.6 Å². The summed E-state index contributed by atoms with van der Waals surface area (Å²) in [6.45, 7) is 0.749. The molecular weight excluding hydrogens is 400 g/mol. The van der Waals surface area contributed by atoms with E-state index >= 15 is 0 Å². The molecule has 0 radical (unpaired) electrons. The van der Waals surface area contributed by atoms with Gasteiger partial charge in [-0.2, -0.15) is 0 Å². The highest BCUT2D eigenvalue weighted by Gasteiger charge is 2.28. The van der Waals surface area contributed by atoms with Crippen molar-refractivity contribution in [2.24, 2.45) is 0 Å². The molecule has 0 unspecified atom stereocenters. The van der Waals surface area contributed by atoms with Crippen molar-refractivity contribution in [3.63, 3.8) is 0 Å². The van der Waals surface area contributed by atoms with Crippen molar-refractivity contribution in [3.8, 4) is 11.1 Å². The van der Waals surface area contributed by atoms with Gasteiger partial charge in [0.2, 0.25) is 0 Å². The van der Waals surface area contributed by atoms with Crippen LogP contribution < -0.4 is 11.1 Å². The predicted octanol–water partition coefficient (Wildman–Crippen LogP) is 4.65. The van der Waals surface area contributed by atoms with E-state index in [9.17, 15) is 4.79 Å². The Morgan fingerprint density at radius 3 is 2.47 bits per heavy atom. The van der Waals surface area contributed by atoms with E-state index in [2.05, 4.69) is 39.6 Å². The van der Waals surface area contributed by atoms with E-state index in [0.29, 0.717) is 25.3 Å². The Labute approximate surface area is 179 Å². The van der Waals surface area contributed by atoms with Gasteiger partial charge in [0.15, 0.2) is 11.0 Å². The molecule has 0 saturated heterocycles. The van der Waals surface area contributed by atoms with Crippen LogP contribution in [0.3, 0.4) is 0 Å². The molecule has 1 aromatic heterocycles. The number of hydrogen-bond acceptors (Lipinski definition) is 5. The fourth-order valence-electron chi connectivity index (χ4n) is 3.58. The monoisotopic (exact) mass is 420 g/mol. The van der Waals surface area contributed by atoms with Crippen molar-refractivity contribution in [2.45, 2.75) is 12.3 Å². The highest BCUT2D eigenvalue weighted by Crippen LogP contribution is 2.44. The summed E-state index contributed by atoms with van der Waals surface area (Å²) in [5.74, 6) is 0.252. The minimum atomic E-state index is -0.430. The van der Waals surface area contributed by atoms with Crippen molar-refractivity contribution >= 4 is 29.6 Å². The van der Waals surface area contributed by atoms with E-state index in [0.717, 1.165) is 0 Å². The first-order valence-corrected chi connectivity index (χ1v) is 10.0. The van der Waals surface area contributed by atoms with Gasteiger partial charge < -0.3 is 15.8 Å². The molecule has 0 aliphatic heterocycles. The Bertz CT molecular complexity index is 1050. The molecule has 152 valence electrons. The number of amides is 1. The standard InChI is InChI=1S/C23H21ClN4O2/c24-21-22(25)27-13-15(28-21)7-5-6-12-26-23(29)30-14-20-18-10-3-1-8-16(18)17-9-2-4-11-19(17)20/h1-5,7-11,13,20H,6,12,14H2,(H2,25,27)(H,26,29). The Kier molecular flexibility index (Phi) is 5.95. The summed E-state index contributed by atoms with van der Waals surface area (Å²) in [7, 11) is 0. The van der Waals surface area contributed by atoms with Crippen LogP contribution in [0.2, 0.25) is 5.15 Å². The van der Waals surface area contributed by atoms with Crippen molar-refractivity contribution < 1.29 is 9.53 Å². The van der Waals surface area contributed by atoms with Gasteiger partial charge in [-0.1, -0.05) is 66.2 Å². The Morgan fingerprint density at radius 2 is 1.80 bits per heavy atom. The molecule has 3 aromatic rings. The Morgan fingerprint density at radius 1 is 1.13 bits per heavy atom. The third-order valence-electron chi connectivity index (χ3n) is 4.99. The summed E-state index contributed by atoms with van der Waals surface area (Å²) >= 11 is 5.84. The molecule has 0 atom stereocenters. The molecule has 30 heavy (non-hydrogen) atoms. The van der Waals surface area contributed by atoms with Gasteiger partial charge in [-0.15, -0.1) is 0 Å². The molecule has 0 bridgehead atoms. The van der Waals surface area contributed by atoms with E-state index in [-0.39, 0.29) is 16.9 Å². The van der Waals surface area contributed by atoms with Crippen molar-refractivity contribution in [1.29, 1.82) is 0 Å². The molecule has 0 spiro atoms. The van der Waals surface area contributed by atoms with Crippen LogP contribution in [0.1, 0.15) is 29.2 Å². The lowest BCUT2D eigenvalue weighted by Gasteiger charge is -2.14. The van der Waals surface area contributed by atoms with Gasteiger partial charge in [0.1, 0.15) is 6.61 Å². The maximum atomic E-state index is 12.1. The number of fused-ring (bicyclic) bond motifs is 3. The maximum Gasteiger partial charge on any atom is 0.407 e. The van der Waals surface area contributed by atoms with Crippen LogP contribution in [0.15, 0.2) is 60.8 Å². The zero-order valence-corrected chi connectivity index (χ0v) is 17.0. The highest BCUT2D eigenvalue weighted by molar-refractivity contribution is 6.31. The van der Waals surface area contributed by atoms with Crippen molar-refractivity contribution in [2.75, 3.05) is 18.9 Å². The lowest BCUT2D eigenvalue weighted by Crippen LogP contribution is -2.26. The van der Waals surface area contributed by atoms with E-state index in [1.165, 1.54) is 28.5 Å². The molecule has 0 saturated carbocycles. The fraction of sp³-hybridized carbons (Fsp3) is 0.174. The Hall–Kier alpha value is -3.38. The molecule has 1 aliphatic rings. The fourth-order valence-corrected chi connectivity index (χ4v) is 3.73. The van der Waals surface area contributed by atoms with Crippen LogP contribution in [0.5, 0.6) is 0 Å². The average Bonchev–Trinajstić information content (AvgIpc) is 3.08. The number of benzene rings is 2. The minimum Gasteiger partial charge on any atom is -0.449 e. The summed E-state index contributed by atoms with van der Waals surface area (Å²) in [6, 6.07) is 16.5. The van der Waals surface area contributed by atoms with Gasteiger partial charge in [-0.25, -0.2) is 14.8 Å². The third-order valence-corrected chi connectivity index (χ3v) is 5.27. The number of rotatable bonds is 6. The van der Waals surface area contributed by atoms with Crippen LogP contribution in [0.25, 0.3) is 17.2 Å². The number of hydrogen-bond donors (Lipinski definition) is 2. The smallest absolute Gasteiger partial charge is 0.407 e. The highest BCUT2D eigenvalue weighted by atomic mass is 35.5. The number of nitrogens with one attached hydrogen (secondary N) is 1. The second-order valence-electron chi connectivity index (χ2n) is 6.91. The van der Waals surface area contributed by atoms with Gasteiger partial charge >= 0.3 is 6.09 Å². The molecule has 1 amide bonds. The number of carbonyl (C=O) groups excluding carboxylic acids is 1. The average molecular weight is 421 g/mol. The number of nitrogens with zero attached hydrogens (tertiary/aromatic N) is 2. The number of anilines is 1. The lowest BCUT2D eigenvalue weighted by atomic mass is 9.98. The zero-order valence-electron chi connectivity index (χ0n) is 16.2. The van der Waals surface area contributed by atoms with Crippen LogP contribution in [-0.4, -0.2) is 29.2 Å². The quantitative estimate of drug-likeness (QED) is 0.566. The molecule has 0 fully saturated rings. The van der Waals surface area contributed by atoms with Crippen LogP contribution in [-0.2, 0) is 4.74 Å². The molecule has 1 heterocycles. The molecule has 3 N–H and O–H groups in total. The first-order valence-electron chi connectivity index (χ1n) is 9.67. The number of aromatic nitrogens is 2. The molecule has 2 aromatic carbocycles. The number of halogens is 1. The lowest BCUT2D eigenvalue weighted by molar-refractivity contribution is 0.143. The third kappa shape index (κ3) is 4.28. The molecular formula is C23H21ClN4O2. The van der Waals surface area contributed by atoms with Gasteiger partial charge in [0.05, 0.1) is 11.9 Å². The minimum absolute atomic E-state index is 0.0527. The maximum absolute atomic E-state index is 12.1. The molecule has 1 aliphatic carbocycles. The van der Waals surface area contributed by atoms with E-state index < -0.39 is 6.09 Å². The number of alkyl carbamates (subject to hydrolysis) is 1.